The van der Waals surface area contributed by atoms with Gasteiger partial charge in [-0.1, -0.05) is 11.3 Å². The normalized spacial score (nSPS) is 27.6. The summed E-state index contributed by atoms with van der Waals surface area (Å²) in [5.41, 5.74) is 0. The molecule has 2 fully saturated rings. The lowest BCUT2D eigenvalue weighted by molar-refractivity contribution is -0.138. The number of anilines is 1. The van der Waals surface area contributed by atoms with E-state index in [0.29, 0.717) is 30.5 Å². The zero-order chi connectivity index (χ0) is 14.2. The molecule has 5 nitrogen and oxygen atoms in total. The number of morpholine rings is 1. The van der Waals surface area contributed by atoms with E-state index in [1.54, 1.807) is 0 Å². The van der Waals surface area contributed by atoms with Crippen molar-refractivity contribution >= 4 is 16.5 Å². The molecule has 1 aromatic rings. The van der Waals surface area contributed by atoms with E-state index in [-0.39, 0.29) is 11.2 Å². The molecule has 1 N–H and O–H groups in total. The van der Waals surface area contributed by atoms with Crippen molar-refractivity contribution < 1.29 is 17.9 Å². The number of alkyl halides is 3. The number of ether oxygens (including phenoxy) is 1. The van der Waals surface area contributed by atoms with Gasteiger partial charge in [0, 0.05) is 19.1 Å². The first-order chi connectivity index (χ1) is 9.52. The smallest absolute Gasteiger partial charge is 0.373 e. The number of hydrogen-bond acceptors (Lipinski definition) is 6. The second kappa shape index (κ2) is 5.45. The molecule has 9 heteroatoms. The molecule has 0 saturated carbocycles. The summed E-state index contributed by atoms with van der Waals surface area (Å²) < 4.78 is 42.9. The van der Waals surface area contributed by atoms with Crippen LogP contribution in [0.4, 0.5) is 18.3 Å². The topological polar surface area (TPSA) is 50.3 Å². The van der Waals surface area contributed by atoms with Gasteiger partial charge in [-0.3, -0.25) is 4.90 Å². The van der Waals surface area contributed by atoms with Crippen molar-refractivity contribution in [1.29, 1.82) is 0 Å². The van der Waals surface area contributed by atoms with Crippen molar-refractivity contribution in [2.45, 2.75) is 31.2 Å². The first-order valence-electron chi connectivity index (χ1n) is 6.52. The van der Waals surface area contributed by atoms with Gasteiger partial charge < -0.3 is 10.1 Å². The Balaban J connectivity index is 1.51. The fourth-order valence-electron chi connectivity index (χ4n) is 2.62. The van der Waals surface area contributed by atoms with Gasteiger partial charge in [0.15, 0.2) is 0 Å². The highest BCUT2D eigenvalue weighted by Gasteiger charge is 2.36. The van der Waals surface area contributed by atoms with Crippen LogP contribution in [0.25, 0.3) is 0 Å². The van der Waals surface area contributed by atoms with E-state index in [1.165, 1.54) is 12.8 Å². The number of nitrogens with one attached hydrogen (secondary N) is 1. The molecule has 3 rings (SSSR count). The van der Waals surface area contributed by atoms with E-state index >= 15 is 0 Å². The van der Waals surface area contributed by atoms with Crippen LogP contribution in [0.15, 0.2) is 0 Å². The minimum absolute atomic E-state index is 0.0115. The molecule has 20 heavy (non-hydrogen) atoms. The van der Waals surface area contributed by atoms with Crippen LogP contribution in [0.3, 0.4) is 0 Å². The molecule has 0 aliphatic carbocycles. The lowest BCUT2D eigenvalue weighted by atomic mass is 10.2. The molecule has 112 valence electrons. The Morgan fingerprint density at radius 2 is 2.25 bits per heavy atom. The van der Waals surface area contributed by atoms with Crippen LogP contribution in [0, 0.1) is 0 Å². The molecule has 2 aliphatic rings. The van der Waals surface area contributed by atoms with Crippen LogP contribution >= 0.6 is 11.3 Å². The van der Waals surface area contributed by atoms with E-state index in [4.69, 9.17) is 4.74 Å². The van der Waals surface area contributed by atoms with Crippen LogP contribution in [0.5, 0.6) is 0 Å². The van der Waals surface area contributed by atoms with Gasteiger partial charge >= 0.3 is 6.18 Å². The SMILES string of the molecule is FC(F)(F)c1nnc(NCC2CN3CCCC3CO2)s1. The highest BCUT2D eigenvalue weighted by Crippen LogP contribution is 2.33. The van der Waals surface area contributed by atoms with E-state index in [1.807, 2.05) is 0 Å². The molecule has 2 atom stereocenters. The second-order valence-corrected chi connectivity index (χ2v) is 6.01. The molecule has 2 aliphatic heterocycles. The van der Waals surface area contributed by atoms with Gasteiger partial charge in [-0.15, -0.1) is 10.2 Å². The van der Waals surface area contributed by atoms with Gasteiger partial charge in [-0.25, -0.2) is 0 Å². The first-order valence-corrected chi connectivity index (χ1v) is 7.34. The third-order valence-electron chi connectivity index (χ3n) is 3.61. The van der Waals surface area contributed by atoms with Gasteiger partial charge in [0.2, 0.25) is 10.1 Å². The maximum absolute atomic E-state index is 12.4. The summed E-state index contributed by atoms with van der Waals surface area (Å²) in [5.74, 6) is 0. The predicted molar refractivity (Wildman–Crippen MR) is 67.7 cm³/mol. The number of fused-ring (bicyclic) bond motifs is 1. The van der Waals surface area contributed by atoms with Crippen LogP contribution in [0.1, 0.15) is 17.8 Å². The lowest BCUT2D eigenvalue weighted by Crippen LogP contribution is -2.48. The number of aromatic nitrogens is 2. The Morgan fingerprint density at radius 3 is 3.00 bits per heavy atom. The van der Waals surface area contributed by atoms with Crippen molar-refractivity contribution in [2.24, 2.45) is 0 Å². The minimum Gasteiger partial charge on any atom is -0.373 e. The predicted octanol–water partition coefficient (Wildman–Crippen LogP) is 1.83. The Kier molecular flexibility index (Phi) is 3.83. The average molecular weight is 308 g/mol. The molecular formula is C11H15F3N4OS. The average Bonchev–Trinajstić information content (AvgIpc) is 3.04. The van der Waals surface area contributed by atoms with Gasteiger partial charge in [-0.05, 0) is 19.4 Å². The van der Waals surface area contributed by atoms with Gasteiger partial charge in [-0.2, -0.15) is 13.2 Å². The van der Waals surface area contributed by atoms with Crippen molar-refractivity contribution in [3.63, 3.8) is 0 Å². The molecule has 1 aromatic heterocycles. The quantitative estimate of drug-likeness (QED) is 0.923. The van der Waals surface area contributed by atoms with Crippen LogP contribution in [-0.4, -0.2) is 53.5 Å². The number of hydrogen-bond donors (Lipinski definition) is 1. The largest absolute Gasteiger partial charge is 0.445 e. The lowest BCUT2D eigenvalue weighted by Gasteiger charge is -2.35. The van der Waals surface area contributed by atoms with E-state index < -0.39 is 11.2 Å². The van der Waals surface area contributed by atoms with Crippen molar-refractivity contribution in [3.05, 3.63) is 5.01 Å². The molecule has 0 spiro atoms. The molecule has 2 saturated heterocycles. The van der Waals surface area contributed by atoms with Crippen LogP contribution < -0.4 is 5.32 Å². The molecular weight excluding hydrogens is 293 g/mol. The van der Waals surface area contributed by atoms with Crippen LogP contribution in [-0.2, 0) is 10.9 Å². The maximum atomic E-state index is 12.4. The third-order valence-corrected chi connectivity index (χ3v) is 4.54. The third kappa shape index (κ3) is 3.04. The summed E-state index contributed by atoms with van der Waals surface area (Å²) in [7, 11) is 0. The van der Waals surface area contributed by atoms with Gasteiger partial charge in [0.1, 0.15) is 0 Å². The molecule has 0 radical (unpaired) electrons. The summed E-state index contributed by atoms with van der Waals surface area (Å²) in [6.07, 6.45) is -2.07. The highest BCUT2D eigenvalue weighted by atomic mass is 32.1. The minimum atomic E-state index is -4.43. The van der Waals surface area contributed by atoms with Gasteiger partial charge in [0.05, 0.1) is 12.7 Å². The standard InChI is InChI=1S/C11H15F3N4OS/c12-11(13,14)9-16-17-10(20-9)15-4-8-5-18-3-1-2-7(18)6-19-8/h7-8H,1-6H2,(H,15,17). The van der Waals surface area contributed by atoms with Crippen molar-refractivity contribution in [1.82, 2.24) is 15.1 Å². The Morgan fingerprint density at radius 1 is 1.40 bits per heavy atom. The number of halogens is 3. The zero-order valence-electron chi connectivity index (χ0n) is 10.7. The Hall–Kier alpha value is -0.930. The molecule has 0 aromatic carbocycles. The Bertz CT molecular complexity index is 467. The van der Waals surface area contributed by atoms with Gasteiger partial charge in [0.25, 0.3) is 0 Å². The van der Waals surface area contributed by atoms with Crippen molar-refractivity contribution in [2.75, 3.05) is 31.6 Å². The van der Waals surface area contributed by atoms with E-state index in [9.17, 15) is 13.2 Å². The molecule has 2 unspecified atom stereocenters. The summed E-state index contributed by atoms with van der Waals surface area (Å²) in [6, 6.07) is 0.518. The van der Waals surface area contributed by atoms with Crippen molar-refractivity contribution in [3.8, 4) is 0 Å². The molecule has 0 amide bonds. The monoisotopic (exact) mass is 308 g/mol. The number of nitrogens with zero attached hydrogens (tertiary/aromatic N) is 3. The molecule has 0 bridgehead atoms. The Labute approximate surface area is 118 Å². The molecule has 3 heterocycles. The fraction of sp³-hybridized carbons (Fsp3) is 0.818. The fourth-order valence-corrected chi connectivity index (χ4v) is 3.24. The number of rotatable bonds is 3. The van der Waals surface area contributed by atoms with Crippen LogP contribution in [0.2, 0.25) is 0 Å². The zero-order valence-corrected chi connectivity index (χ0v) is 11.5. The summed E-state index contributed by atoms with van der Waals surface area (Å²) in [6.45, 7) is 3.07. The van der Waals surface area contributed by atoms with E-state index in [0.717, 1.165) is 13.1 Å². The summed E-state index contributed by atoms with van der Waals surface area (Å²) >= 11 is 0.520. The second-order valence-electron chi connectivity index (χ2n) is 5.04. The summed E-state index contributed by atoms with van der Waals surface area (Å²) in [4.78, 5) is 2.39. The van der Waals surface area contributed by atoms with E-state index in [2.05, 4.69) is 20.4 Å². The summed E-state index contributed by atoms with van der Waals surface area (Å²) in [5, 5.41) is 8.77. The highest BCUT2D eigenvalue weighted by molar-refractivity contribution is 7.15. The first kappa shape index (κ1) is 14.0. The maximum Gasteiger partial charge on any atom is 0.445 e.